The topological polar surface area (TPSA) is 41.1 Å². The van der Waals surface area contributed by atoms with Gasteiger partial charge in [-0.05, 0) is 26.1 Å². The molecular weight excluding hydrogens is 247 g/mol. The maximum absolute atomic E-state index is 11.7. The quantitative estimate of drug-likeness (QED) is 0.873. The number of benzene rings is 1. The number of likely N-dealkylation sites (N-methyl/N-ethyl adjacent to an activating group) is 1. The molecule has 0 heterocycles. The van der Waals surface area contributed by atoms with Gasteiger partial charge in [0.05, 0.1) is 10.6 Å². The minimum atomic E-state index is -0.136. The highest BCUT2D eigenvalue weighted by atomic mass is 35.5. The lowest BCUT2D eigenvalue weighted by atomic mass is 10.2. The van der Waals surface area contributed by atoms with Gasteiger partial charge in [0.2, 0.25) is 0 Å². The normalized spacial score (nSPS) is 11.4. The number of hydrogen-bond acceptors (Lipinski definition) is 2. The first-order valence-electron chi connectivity index (χ1n) is 4.85. The summed E-state index contributed by atoms with van der Waals surface area (Å²) in [5.41, 5.74) is 0.516. The first kappa shape index (κ1) is 15.2. The Hall–Kier alpha value is -0.770. The van der Waals surface area contributed by atoms with Gasteiger partial charge in [0.15, 0.2) is 0 Å². The highest BCUT2D eigenvalue weighted by molar-refractivity contribution is 6.33. The van der Waals surface area contributed by atoms with Crippen molar-refractivity contribution >= 4 is 29.9 Å². The second-order valence-corrected chi connectivity index (χ2v) is 3.79. The van der Waals surface area contributed by atoms with Crippen LogP contribution in [0.5, 0.6) is 0 Å². The van der Waals surface area contributed by atoms with Crippen LogP contribution in [-0.2, 0) is 0 Å². The second kappa shape index (κ2) is 7.49. The van der Waals surface area contributed by atoms with Crippen LogP contribution in [0.2, 0.25) is 5.02 Å². The van der Waals surface area contributed by atoms with E-state index < -0.39 is 0 Å². The molecule has 5 heteroatoms. The number of rotatable bonds is 4. The molecule has 1 rings (SSSR count). The van der Waals surface area contributed by atoms with Gasteiger partial charge in [0, 0.05) is 12.6 Å². The van der Waals surface area contributed by atoms with E-state index in [1.807, 2.05) is 14.0 Å². The summed E-state index contributed by atoms with van der Waals surface area (Å²) in [6.07, 6.45) is 0. The fraction of sp³-hybridized carbons (Fsp3) is 0.364. The molecule has 90 valence electrons. The molecule has 16 heavy (non-hydrogen) atoms. The lowest BCUT2D eigenvalue weighted by Crippen LogP contribution is -2.37. The van der Waals surface area contributed by atoms with E-state index in [1.54, 1.807) is 24.3 Å². The molecule has 0 radical (unpaired) electrons. The Bertz CT molecular complexity index is 345. The number of carbonyl (C=O) groups is 1. The molecule has 1 amide bonds. The summed E-state index contributed by atoms with van der Waals surface area (Å²) >= 11 is 5.89. The van der Waals surface area contributed by atoms with Crippen LogP contribution in [0.1, 0.15) is 17.3 Å². The molecule has 1 aromatic carbocycles. The van der Waals surface area contributed by atoms with Gasteiger partial charge in [0.1, 0.15) is 0 Å². The Labute approximate surface area is 107 Å². The van der Waals surface area contributed by atoms with Gasteiger partial charge in [-0.2, -0.15) is 0 Å². The lowest BCUT2D eigenvalue weighted by molar-refractivity contribution is 0.0950. The van der Waals surface area contributed by atoms with Gasteiger partial charge in [-0.3, -0.25) is 4.79 Å². The SMILES string of the molecule is CNC(C)CNC(=O)c1ccccc1Cl.Cl. The van der Waals surface area contributed by atoms with Crippen molar-refractivity contribution in [2.24, 2.45) is 0 Å². The molecule has 2 N–H and O–H groups in total. The fourth-order valence-electron chi connectivity index (χ4n) is 1.09. The molecule has 0 fully saturated rings. The lowest BCUT2D eigenvalue weighted by Gasteiger charge is -2.11. The second-order valence-electron chi connectivity index (χ2n) is 3.38. The van der Waals surface area contributed by atoms with Gasteiger partial charge in [-0.1, -0.05) is 23.7 Å². The molecule has 1 aromatic rings. The van der Waals surface area contributed by atoms with Gasteiger partial charge < -0.3 is 10.6 Å². The summed E-state index contributed by atoms with van der Waals surface area (Å²) in [6.45, 7) is 2.58. The van der Waals surface area contributed by atoms with Gasteiger partial charge in [-0.15, -0.1) is 12.4 Å². The predicted molar refractivity (Wildman–Crippen MR) is 69.6 cm³/mol. The highest BCUT2D eigenvalue weighted by Crippen LogP contribution is 2.14. The largest absolute Gasteiger partial charge is 0.350 e. The Morgan fingerprint density at radius 1 is 1.44 bits per heavy atom. The summed E-state index contributed by atoms with van der Waals surface area (Å²) in [6, 6.07) is 7.26. The van der Waals surface area contributed by atoms with Gasteiger partial charge >= 0.3 is 0 Å². The first-order valence-corrected chi connectivity index (χ1v) is 5.23. The first-order chi connectivity index (χ1) is 7.15. The summed E-state index contributed by atoms with van der Waals surface area (Å²) in [5.74, 6) is -0.136. The molecule has 0 bridgehead atoms. The summed E-state index contributed by atoms with van der Waals surface area (Å²) in [4.78, 5) is 11.7. The van der Waals surface area contributed by atoms with Crippen LogP contribution in [0.4, 0.5) is 0 Å². The molecule has 3 nitrogen and oxygen atoms in total. The fourth-order valence-corrected chi connectivity index (χ4v) is 1.31. The van der Waals surface area contributed by atoms with Crippen molar-refractivity contribution in [2.45, 2.75) is 13.0 Å². The molecule has 1 unspecified atom stereocenters. The monoisotopic (exact) mass is 262 g/mol. The van der Waals surface area contributed by atoms with E-state index in [0.717, 1.165) is 0 Å². The van der Waals surface area contributed by atoms with Crippen LogP contribution in [0.3, 0.4) is 0 Å². The van der Waals surface area contributed by atoms with Crippen molar-refractivity contribution < 1.29 is 4.79 Å². The highest BCUT2D eigenvalue weighted by Gasteiger charge is 2.09. The van der Waals surface area contributed by atoms with E-state index in [0.29, 0.717) is 17.1 Å². The summed E-state index contributed by atoms with van der Waals surface area (Å²) < 4.78 is 0. The Balaban J connectivity index is 0.00000225. The van der Waals surface area contributed by atoms with Crippen molar-refractivity contribution in [1.29, 1.82) is 0 Å². The number of amides is 1. The molecule has 0 aliphatic rings. The minimum absolute atomic E-state index is 0. The van der Waals surface area contributed by atoms with Crippen LogP contribution in [0.15, 0.2) is 24.3 Å². The Kier molecular flexibility index (Phi) is 7.13. The van der Waals surface area contributed by atoms with Gasteiger partial charge in [0.25, 0.3) is 5.91 Å². The average molecular weight is 263 g/mol. The smallest absolute Gasteiger partial charge is 0.252 e. The molecule has 1 atom stereocenters. The van der Waals surface area contributed by atoms with Crippen LogP contribution < -0.4 is 10.6 Å². The molecule has 0 saturated heterocycles. The van der Waals surface area contributed by atoms with E-state index >= 15 is 0 Å². The van der Waals surface area contributed by atoms with Crippen LogP contribution >= 0.6 is 24.0 Å². The van der Waals surface area contributed by atoms with Crippen molar-refractivity contribution in [1.82, 2.24) is 10.6 Å². The van der Waals surface area contributed by atoms with Crippen molar-refractivity contribution in [3.63, 3.8) is 0 Å². The van der Waals surface area contributed by atoms with Crippen LogP contribution in [0, 0.1) is 0 Å². The number of carbonyl (C=O) groups excluding carboxylic acids is 1. The average Bonchev–Trinajstić information content (AvgIpc) is 2.26. The number of hydrogen-bond donors (Lipinski definition) is 2. The third-order valence-electron chi connectivity index (χ3n) is 2.18. The number of nitrogens with one attached hydrogen (secondary N) is 2. The van der Waals surface area contributed by atoms with Crippen LogP contribution in [0.25, 0.3) is 0 Å². The third kappa shape index (κ3) is 4.39. The maximum atomic E-state index is 11.7. The minimum Gasteiger partial charge on any atom is -0.350 e. The zero-order valence-electron chi connectivity index (χ0n) is 9.29. The predicted octanol–water partition coefficient (Wildman–Crippen LogP) is 2.10. The van der Waals surface area contributed by atoms with E-state index in [-0.39, 0.29) is 24.4 Å². The molecule has 0 aliphatic carbocycles. The standard InChI is InChI=1S/C11H15ClN2O.ClH/c1-8(13-2)7-14-11(15)9-5-3-4-6-10(9)12;/h3-6,8,13H,7H2,1-2H3,(H,14,15);1H. The van der Waals surface area contributed by atoms with Crippen molar-refractivity contribution in [3.8, 4) is 0 Å². The van der Waals surface area contributed by atoms with E-state index in [1.165, 1.54) is 0 Å². The Morgan fingerprint density at radius 2 is 2.06 bits per heavy atom. The Morgan fingerprint density at radius 3 is 2.62 bits per heavy atom. The number of halogens is 2. The molecular formula is C11H16Cl2N2O. The van der Waals surface area contributed by atoms with Gasteiger partial charge in [-0.25, -0.2) is 0 Å². The van der Waals surface area contributed by atoms with Crippen LogP contribution in [-0.4, -0.2) is 25.5 Å². The summed E-state index contributed by atoms with van der Waals surface area (Å²) in [5, 5.41) is 6.32. The molecule has 0 saturated carbocycles. The maximum Gasteiger partial charge on any atom is 0.252 e. The van der Waals surface area contributed by atoms with E-state index in [2.05, 4.69) is 10.6 Å². The zero-order valence-corrected chi connectivity index (χ0v) is 10.9. The molecule has 0 spiro atoms. The van der Waals surface area contributed by atoms with E-state index in [9.17, 15) is 4.79 Å². The van der Waals surface area contributed by atoms with Crippen molar-refractivity contribution in [3.05, 3.63) is 34.9 Å². The van der Waals surface area contributed by atoms with E-state index in [4.69, 9.17) is 11.6 Å². The van der Waals surface area contributed by atoms with Crippen molar-refractivity contribution in [2.75, 3.05) is 13.6 Å². The third-order valence-corrected chi connectivity index (χ3v) is 2.51. The molecule has 0 aromatic heterocycles. The molecule has 0 aliphatic heterocycles. The summed E-state index contributed by atoms with van der Waals surface area (Å²) in [7, 11) is 1.85. The zero-order chi connectivity index (χ0) is 11.3.